The zero-order valence-corrected chi connectivity index (χ0v) is 12.5. The van der Waals surface area contributed by atoms with Gasteiger partial charge in [0.2, 0.25) is 5.78 Å². The predicted molar refractivity (Wildman–Crippen MR) is 77.6 cm³/mol. The highest BCUT2D eigenvalue weighted by molar-refractivity contribution is 6.22. The fourth-order valence-electron chi connectivity index (χ4n) is 4.37. The van der Waals surface area contributed by atoms with Crippen LogP contribution in [0.4, 0.5) is 0 Å². The molecule has 0 amide bonds. The van der Waals surface area contributed by atoms with Gasteiger partial charge in [0.1, 0.15) is 11.3 Å². The van der Waals surface area contributed by atoms with Gasteiger partial charge >= 0.3 is 5.97 Å². The van der Waals surface area contributed by atoms with Crippen LogP contribution in [-0.2, 0) is 14.3 Å². The summed E-state index contributed by atoms with van der Waals surface area (Å²) in [5, 5.41) is 10.0. The SMILES string of the molecule is O=C1COC(=O)C1=C(O)CCC1CCC2CCCCC2C1. The topological polar surface area (TPSA) is 63.6 Å². The van der Waals surface area contributed by atoms with E-state index in [4.69, 9.17) is 0 Å². The standard InChI is InChI=1S/C17H24O4/c18-14(16-15(19)10-21-17(16)20)8-6-11-5-7-12-3-1-2-4-13(12)9-11/h11-13,18H,1-10H2. The quantitative estimate of drug-likeness (QED) is 0.375. The van der Waals surface area contributed by atoms with E-state index >= 15 is 0 Å². The molecular formula is C17H24O4. The molecule has 0 aromatic rings. The van der Waals surface area contributed by atoms with Crippen LogP contribution in [-0.4, -0.2) is 23.5 Å². The number of allylic oxidation sites excluding steroid dienone is 1. The normalized spacial score (nSPS) is 35.3. The Bertz CT molecular complexity index is 447. The van der Waals surface area contributed by atoms with Gasteiger partial charge in [0, 0.05) is 6.42 Å². The first-order valence-corrected chi connectivity index (χ1v) is 8.27. The van der Waals surface area contributed by atoms with Gasteiger partial charge < -0.3 is 9.84 Å². The van der Waals surface area contributed by atoms with Gasteiger partial charge in [-0.3, -0.25) is 4.79 Å². The van der Waals surface area contributed by atoms with Crippen LogP contribution < -0.4 is 0 Å². The van der Waals surface area contributed by atoms with Crippen molar-refractivity contribution in [2.45, 2.75) is 57.8 Å². The number of carbonyl (C=O) groups is 2. The number of aliphatic hydroxyl groups is 1. The van der Waals surface area contributed by atoms with E-state index in [0.717, 1.165) is 18.3 Å². The number of fused-ring (bicyclic) bond motifs is 1. The smallest absolute Gasteiger partial charge is 0.345 e. The van der Waals surface area contributed by atoms with Crippen LogP contribution in [0.1, 0.15) is 57.8 Å². The third kappa shape index (κ3) is 3.14. The first kappa shape index (κ1) is 14.6. The van der Waals surface area contributed by atoms with E-state index in [1.807, 2.05) is 0 Å². The molecule has 3 rings (SSSR count). The van der Waals surface area contributed by atoms with E-state index in [-0.39, 0.29) is 23.7 Å². The molecule has 0 aromatic heterocycles. The van der Waals surface area contributed by atoms with E-state index in [0.29, 0.717) is 12.3 Å². The molecule has 116 valence electrons. The number of carbonyl (C=O) groups excluding carboxylic acids is 2. The number of aliphatic hydroxyl groups excluding tert-OH is 1. The van der Waals surface area contributed by atoms with Crippen molar-refractivity contribution in [2.75, 3.05) is 6.61 Å². The van der Waals surface area contributed by atoms with E-state index in [9.17, 15) is 14.7 Å². The number of ether oxygens (including phenoxy) is 1. The van der Waals surface area contributed by atoms with Crippen LogP contribution in [0.3, 0.4) is 0 Å². The molecule has 21 heavy (non-hydrogen) atoms. The number of ketones is 1. The van der Waals surface area contributed by atoms with Crippen LogP contribution in [0, 0.1) is 17.8 Å². The van der Waals surface area contributed by atoms with Crippen LogP contribution in [0.5, 0.6) is 0 Å². The third-order valence-electron chi connectivity index (χ3n) is 5.54. The molecule has 1 saturated heterocycles. The molecule has 0 bridgehead atoms. The molecule has 0 aromatic carbocycles. The van der Waals surface area contributed by atoms with Crippen molar-refractivity contribution >= 4 is 11.8 Å². The second-order valence-corrected chi connectivity index (χ2v) is 6.84. The van der Waals surface area contributed by atoms with Gasteiger partial charge in [-0.15, -0.1) is 0 Å². The Labute approximate surface area is 125 Å². The van der Waals surface area contributed by atoms with Crippen molar-refractivity contribution in [3.8, 4) is 0 Å². The van der Waals surface area contributed by atoms with Crippen molar-refractivity contribution < 1.29 is 19.4 Å². The average Bonchev–Trinajstić information content (AvgIpc) is 2.84. The highest BCUT2D eigenvalue weighted by Crippen LogP contribution is 2.44. The fraction of sp³-hybridized carbons (Fsp3) is 0.765. The highest BCUT2D eigenvalue weighted by Gasteiger charge is 2.34. The van der Waals surface area contributed by atoms with Crippen LogP contribution >= 0.6 is 0 Å². The Balaban J connectivity index is 1.54. The largest absolute Gasteiger partial charge is 0.511 e. The van der Waals surface area contributed by atoms with Gasteiger partial charge in [-0.05, 0) is 37.0 Å². The Morgan fingerprint density at radius 3 is 2.57 bits per heavy atom. The summed E-state index contributed by atoms with van der Waals surface area (Å²) in [5.74, 6) is 1.31. The van der Waals surface area contributed by atoms with Crippen LogP contribution in [0.25, 0.3) is 0 Å². The molecule has 3 atom stereocenters. The first-order valence-electron chi connectivity index (χ1n) is 8.27. The maximum atomic E-state index is 11.5. The van der Waals surface area contributed by atoms with Gasteiger partial charge in [-0.2, -0.15) is 0 Å². The summed E-state index contributed by atoms with van der Waals surface area (Å²) in [7, 11) is 0. The molecule has 4 heteroatoms. The van der Waals surface area contributed by atoms with Crippen LogP contribution in [0.2, 0.25) is 0 Å². The Kier molecular flexibility index (Phi) is 4.32. The molecule has 3 fully saturated rings. The zero-order chi connectivity index (χ0) is 14.8. The monoisotopic (exact) mass is 292 g/mol. The van der Waals surface area contributed by atoms with Crippen molar-refractivity contribution in [3.63, 3.8) is 0 Å². The van der Waals surface area contributed by atoms with E-state index in [1.54, 1.807) is 0 Å². The lowest BCUT2D eigenvalue weighted by Gasteiger charge is -2.39. The van der Waals surface area contributed by atoms with Gasteiger partial charge in [0.05, 0.1) is 0 Å². The highest BCUT2D eigenvalue weighted by atomic mass is 16.5. The number of cyclic esters (lactones) is 1. The van der Waals surface area contributed by atoms with Gasteiger partial charge in [-0.25, -0.2) is 4.79 Å². The minimum atomic E-state index is -0.659. The van der Waals surface area contributed by atoms with Crippen LogP contribution in [0.15, 0.2) is 11.3 Å². The first-order chi connectivity index (χ1) is 10.1. The van der Waals surface area contributed by atoms with E-state index < -0.39 is 5.97 Å². The van der Waals surface area contributed by atoms with Gasteiger partial charge in [-0.1, -0.05) is 32.1 Å². The maximum absolute atomic E-state index is 11.5. The summed E-state index contributed by atoms with van der Waals surface area (Å²) in [4.78, 5) is 22.9. The Morgan fingerprint density at radius 2 is 1.86 bits per heavy atom. The van der Waals surface area contributed by atoms with Crippen molar-refractivity contribution in [2.24, 2.45) is 17.8 Å². The number of rotatable bonds is 3. The number of esters is 1. The van der Waals surface area contributed by atoms with Gasteiger partial charge in [0.25, 0.3) is 0 Å². The lowest BCUT2D eigenvalue weighted by atomic mass is 9.67. The minimum absolute atomic E-state index is 0.0618. The summed E-state index contributed by atoms with van der Waals surface area (Å²) >= 11 is 0. The van der Waals surface area contributed by atoms with E-state index in [2.05, 4.69) is 4.74 Å². The third-order valence-corrected chi connectivity index (χ3v) is 5.54. The fourth-order valence-corrected chi connectivity index (χ4v) is 4.37. The molecule has 3 unspecified atom stereocenters. The zero-order valence-electron chi connectivity index (χ0n) is 12.5. The molecule has 1 aliphatic heterocycles. The number of hydrogen-bond donors (Lipinski definition) is 1. The molecule has 1 N–H and O–H groups in total. The molecular weight excluding hydrogens is 268 g/mol. The second kappa shape index (κ2) is 6.20. The van der Waals surface area contributed by atoms with E-state index in [1.165, 1.54) is 44.9 Å². The summed E-state index contributed by atoms with van der Waals surface area (Å²) in [6, 6.07) is 0. The maximum Gasteiger partial charge on any atom is 0.345 e. The molecule has 1 heterocycles. The molecule has 4 nitrogen and oxygen atoms in total. The minimum Gasteiger partial charge on any atom is -0.511 e. The summed E-state index contributed by atoms with van der Waals surface area (Å²) in [5.41, 5.74) is -0.110. The van der Waals surface area contributed by atoms with Crippen molar-refractivity contribution in [3.05, 3.63) is 11.3 Å². The summed E-state index contributed by atoms with van der Waals surface area (Å²) in [6.07, 6.45) is 10.6. The lowest BCUT2D eigenvalue weighted by molar-refractivity contribution is -0.135. The Morgan fingerprint density at radius 1 is 1.10 bits per heavy atom. The average molecular weight is 292 g/mol. The molecule has 2 aliphatic carbocycles. The Hall–Kier alpha value is -1.32. The number of Topliss-reactive ketones (excluding diaryl/α,β-unsaturated/α-hetero) is 1. The summed E-state index contributed by atoms with van der Waals surface area (Å²) in [6.45, 7) is -0.217. The van der Waals surface area contributed by atoms with Crippen molar-refractivity contribution in [1.82, 2.24) is 0 Å². The predicted octanol–water partition coefficient (Wildman–Crippen LogP) is 3.31. The second-order valence-electron chi connectivity index (χ2n) is 6.84. The summed E-state index contributed by atoms with van der Waals surface area (Å²) < 4.78 is 4.66. The van der Waals surface area contributed by atoms with Crippen molar-refractivity contribution in [1.29, 1.82) is 0 Å². The van der Waals surface area contributed by atoms with Gasteiger partial charge in [0.15, 0.2) is 6.61 Å². The molecule has 0 radical (unpaired) electrons. The molecule has 3 aliphatic rings. The lowest BCUT2D eigenvalue weighted by Crippen LogP contribution is -2.27. The molecule has 2 saturated carbocycles. The molecule has 0 spiro atoms. The number of hydrogen-bond acceptors (Lipinski definition) is 4.